The molecule has 0 aliphatic heterocycles. The van der Waals surface area contributed by atoms with Gasteiger partial charge in [-0.25, -0.2) is 4.79 Å². The summed E-state index contributed by atoms with van der Waals surface area (Å²) in [6.07, 6.45) is 3.30. The summed E-state index contributed by atoms with van der Waals surface area (Å²) in [7, 11) is 0. The van der Waals surface area contributed by atoms with Crippen molar-refractivity contribution in [1.82, 2.24) is 14.3 Å². The van der Waals surface area contributed by atoms with Crippen molar-refractivity contribution in [2.24, 2.45) is 0 Å². The molecule has 0 atom stereocenters. The van der Waals surface area contributed by atoms with Gasteiger partial charge in [-0.2, -0.15) is 5.10 Å². The van der Waals surface area contributed by atoms with Gasteiger partial charge in [0.2, 0.25) is 0 Å². The van der Waals surface area contributed by atoms with E-state index in [0.29, 0.717) is 17.9 Å². The summed E-state index contributed by atoms with van der Waals surface area (Å²) in [5, 5.41) is 13.5. The maximum atomic E-state index is 12.3. The van der Waals surface area contributed by atoms with Crippen molar-refractivity contribution < 1.29 is 9.90 Å². The molecule has 0 spiro atoms. The maximum Gasteiger partial charge on any atom is 0.341 e. The minimum Gasteiger partial charge on any atom is -0.477 e. The van der Waals surface area contributed by atoms with E-state index in [9.17, 15) is 14.7 Å². The van der Waals surface area contributed by atoms with Gasteiger partial charge in [0.25, 0.3) is 5.56 Å². The first kappa shape index (κ1) is 14.8. The highest BCUT2D eigenvalue weighted by Gasteiger charge is 2.16. The topological polar surface area (TPSA) is 77.1 Å². The molecule has 2 aromatic heterocycles. The number of rotatable bonds is 4. The van der Waals surface area contributed by atoms with E-state index in [0.717, 1.165) is 5.56 Å². The second-order valence-electron chi connectivity index (χ2n) is 5.21. The van der Waals surface area contributed by atoms with Crippen LogP contribution in [0.3, 0.4) is 0 Å². The fourth-order valence-corrected chi connectivity index (χ4v) is 2.41. The molecule has 116 valence electrons. The lowest BCUT2D eigenvalue weighted by atomic mass is 10.1. The Morgan fingerprint density at radius 3 is 2.57 bits per heavy atom. The van der Waals surface area contributed by atoms with Crippen LogP contribution in [0.5, 0.6) is 0 Å². The van der Waals surface area contributed by atoms with Crippen molar-refractivity contribution in [2.75, 3.05) is 0 Å². The highest BCUT2D eigenvalue weighted by Crippen LogP contribution is 2.08. The van der Waals surface area contributed by atoms with Crippen molar-refractivity contribution in [3.63, 3.8) is 0 Å². The van der Waals surface area contributed by atoms with Crippen molar-refractivity contribution in [3.05, 3.63) is 81.9 Å². The summed E-state index contributed by atoms with van der Waals surface area (Å²) in [6, 6.07) is 13.1. The SMILES string of the molecule is Cc1ccn(-c2ccn(Cc3ccccc3)n2)c(=O)c1C(=O)O. The van der Waals surface area contributed by atoms with E-state index in [1.165, 1.54) is 4.57 Å². The summed E-state index contributed by atoms with van der Waals surface area (Å²) in [4.78, 5) is 23.6. The molecule has 1 N–H and O–H groups in total. The summed E-state index contributed by atoms with van der Waals surface area (Å²) in [5.74, 6) is -0.834. The Morgan fingerprint density at radius 1 is 1.13 bits per heavy atom. The number of carboxylic acid groups (broad SMARTS) is 1. The van der Waals surface area contributed by atoms with Crippen LogP contribution in [0.4, 0.5) is 0 Å². The normalized spacial score (nSPS) is 10.7. The Labute approximate surface area is 132 Å². The van der Waals surface area contributed by atoms with Crippen LogP contribution >= 0.6 is 0 Å². The Morgan fingerprint density at radius 2 is 1.87 bits per heavy atom. The number of aromatic carboxylic acids is 1. The molecule has 0 unspecified atom stereocenters. The lowest BCUT2D eigenvalue weighted by Crippen LogP contribution is -2.26. The van der Waals surface area contributed by atoms with E-state index < -0.39 is 11.5 Å². The van der Waals surface area contributed by atoms with Gasteiger partial charge in [0.05, 0.1) is 6.54 Å². The summed E-state index contributed by atoms with van der Waals surface area (Å²) in [5.41, 5.74) is 0.708. The van der Waals surface area contributed by atoms with Crippen LogP contribution in [0.25, 0.3) is 5.82 Å². The number of carboxylic acids is 1. The zero-order valence-corrected chi connectivity index (χ0v) is 12.5. The van der Waals surface area contributed by atoms with E-state index >= 15 is 0 Å². The first-order valence-electron chi connectivity index (χ1n) is 7.09. The zero-order valence-electron chi connectivity index (χ0n) is 12.5. The Balaban J connectivity index is 1.97. The first-order valence-corrected chi connectivity index (χ1v) is 7.09. The predicted molar refractivity (Wildman–Crippen MR) is 85.1 cm³/mol. The number of carbonyl (C=O) groups is 1. The summed E-state index contributed by atoms with van der Waals surface area (Å²) in [6.45, 7) is 2.18. The molecule has 0 bridgehead atoms. The smallest absolute Gasteiger partial charge is 0.341 e. The molecule has 3 aromatic rings. The fourth-order valence-electron chi connectivity index (χ4n) is 2.41. The van der Waals surface area contributed by atoms with Gasteiger partial charge in [0.15, 0.2) is 5.82 Å². The van der Waals surface area contributed by atoms with Gasteiger partial charge in [-0.05, 0) is 24.1 Å². The average Bonchev–Trinajstić information content (AvgIpc) is 2.96. The molecule has 0 aliphatic carbocycles. The molecular formula is C17H15N3O3. The number of hydrogen-bond donors (Lipinski definition) is 1. The van der Waals surface area contributed by atoms with Gasteiger partial charge in [-0.1, -0.05) is 30.3 Å². The summed E-state index contributed by atoms with van der Waals surface area (Å²) >= 11 is 0. The predicted octanol–water partition coefficient (Wildman–Crippen LogP) is 2.09. The second-order valence-corrected chi connectivity index (χ2v) is 5.21. The number of aryl methyl sites for hydroxylation is 1. The van der Waals surface area contributed by atoms with Gasteiger partial charge in [0.1, 0.15) is 5.56 Å². The molecule has 3 rings (SSSR count). The highest BCUT2D eigenvalue weighted by molar-refractivity contribution is 5.88. The fraction of sp³-hybridized carbons (Fsp3) is 0.118. The molecule has 23 heavy (non-hydrogen) atoms. The Hall–Kier alpha value is -3.15. The second kappa shape index (κ2) is 5.92. The minimum absolute atomic E-state index is 0.231. The maximum absolute atomic E-state index is 12.3. The molecule has 6 nitrogen and oxygen atoms in total. The van der Waals surface area contributed by atoms with Crippen LogP contribution in [-0.4, -0.2) is 25.4 Å². The number of benzene rings is 1. The van der Waals surface area contributed by atoms with Gasteiger partial charge < -0.3 is 5.11 Å². The monoisotopic (exact) mass is 309 g/mol. The van der Waals surface area contributed by atoms with E-state index in [2.05, 4.69) is 5.10 Å². The Kier molecular flexibility index (Phi) is 3.80. The van der Waals surface area contributed by atoms with E-state index in [-0.39, 0.29) is 5.56 Å². The molecule has 0 radical (unpaired) electrons. The number of aromatic nitrogens is 3. The first-order chi connectivity index (χ1) is 11.1. The highest BCUT2D eigenvalue weighted by atomic mass is 16.4. The standard InChI is InChI=1S/C17H15N3O3/c1-12-7-10-20(16(21)15(12)17(22)23)14-8-9-19(18-14)11-13-5-3-2-4-6-13/h2-10H,11H2,1H3,(H,22,23). The molecule has 1 aromatic carbocycles. The van der Waals surface area contributed by atoms with E-state index in [1.807, 2.05) is 30.3 Å². The van der Waals surface area contributed by atoms with Crippen LogP contribution < -0.4 is 5.56 Å². The van der Waals surface area contributed by atoms with Gasteiger partial charge in [-0.15, -0.1) is 0 Å². The molecular weight excluding hydrogens is 294 g/mol. The van der Waals surface area contributed by atoms with Crippen LogP contribution in [0, 0.1) is 6.92 Å². The van der Waals surface area contributed by atoms with Crippen LogP contribution in [0.2, 0.25) is 0 Å². The van der Waals surface area contributed by atoms with Crippen molar-refractivity contribution >= 4 is 5.97 Å². The number of hydrogen-bond acceptors (Lipinski definition) is 3. The molecule has 0 fully saturated rings. The van der Waals surface area contributed by atoms with Gasteiger partial charge in [0, 0.05) is 18.5 Å². The lowest BCUT2D eigenvalue weighted by Gasteiger charge is -2.06. The lowest BCUT2D eigenvalue weighted by molar-refractivity contribution is 0.0693. The largest absolute Gasteiger partial charge is 0.477 e. The molecule has 0 saturated carbocycles. The van der Waals surface area contributed by atoms with E-state index in [1.54, 1.807) is 36.1 Å². The Bertz CT molecular complexity index is 910. The molecule has 2 heterocycles. The van der Waals surface area contributed by atoms with Crippen molar-refractivity contribution in [3.8, 4) is 5.82 Å². The molecule has 6 heteroatoms. The van der Waals surface area contributed by atoms with Gasteiger partial charge >= 0.3 is 5.97 Å². The van der Waals surface area contributed by atoms with Crippen LogP contribution in [0.15, 0.2) is 59.7 Å². The van der Waals surface area contributed by atoms with Crippen molar-refractivity contribution in [2.45, 2.75) is 13.5 Å². The number of nitrogens with zero attached hydrogens (tertiary/aromatic N) is 3. The van der Waals surface area contributed by atoms with Crippen LogP contribution in [0.1, 0.15) is 21.5 Å². The zero-order chi connectivity index (χ0) is 16.4. The molecule has 0 saturated heterocycles. The van der Waals surface area contributed by atoms with Crippen LogP contribution in [-0.2, 0) is 6.54 Å². The summed E-state index contributed by atoms with van der Waals surface area (Å²) < 4.78 is 2.95. The quantitative estimate of drug-likeness (QED) is 0.800. The van der Waals surface area contributed by atoms with Gasteiger partial charge in [-0.3, -0.25) is 14.0 Å². The van der Waals surface area contributed by atoms with Crippen molar-refractivity contribution in [1.29, 1.82) is 0 Å². The third kappa shape index (κ3) is 2.91. The molecule has 0 amide bonds. The van der Waals surface area contributed by atoms with E-state index in [4.69, 9.17) is 0 Å². The third-order valence-corrected chi connectivity index (χ3v) is 3.58. The average molecular weight is 309 g/mol. The minimum atomic E-state index is -1.23. The third-order valence-electron chi connectivity index (χ3n) is 3.58. The molecule has 0 aliphatic rings. The number of pyridine rings is 1.